The van der Waals surface area contributed by atoms with Crippen molar-refractivity contribution in [3.8, 4) is 6.01 Å². The van der Waals surface area contributed by atoms with Gasteiger partial charge in [-0.3, -0.25) is 0 Å². The number of ether oxygens (including phenoxy) is 1. The first-order valence-electron chi connectivity index (χ1n) is 6.47. The predicted molar refractivity (Wildman–Crippen MR) is 68.5 cm³/mol. The molecule has 0 spiro atoms. The third-order valence-electron chi connectivity index (χ3n) is 3.58. The maximum Gasteiger partial charge on any atom is 0.316 e. The van der Waals surface area contributed by atoms with Gasteiger partial charge in [-0.1, -0.05) is 0 Å². The highest BCUT2D eigenvalue weighted by atomic mass is 16.5. The van der Waals surface area contributed by atoms with Gasteiger partial charge in [0.2, 0.25) is 0 Å². The molecule has 1 unspecified atom stereocenters. The van der Waals surface area contributed by atoms with Crippen molar-refractivity contribution in [2.24, 2.45) is 0 Å². The molecule has 100 valence electrons. The fraction of sp³-hybridized carbons (Fsp3) is 0.692. The fourth-order valence-electron chi connectivity index (χ4n) is 2.33. The van der Waals surface area contributed by atoms with E-state index in [2.05, 4.69) is 21.9 Å². The van der Waals surface area contributed by atoms with E-state index in [-0.39, 0.29) is 6.61 Å². The minimum absolute atomic E-state index is 0.0288. The van der Waals surface area contributed by atoms with Gasteiger partial charge in [-0.05, 0) is 39.8 Å². The maximum absolute atomic E-state index is 9.03. The number of rotatable bonds is 5. The van der Waals surface area contributed by atoms with Crippen LogP contribution in [-0.4, -0.2) is 46.2 Å². The summed E-state index contributed by atoms with van der Waals surface area (Å²) in [6.07, 6.45) is 5.17. The van der Waals surface area contributed by atoms with Crippen molar-refractivity contribution in [2.75, 3.05) is 20.2 Å². The molecule has 1 aliphatic heterocycles. The van der Waals surface area contributed by atoms with E-state index in [0.29, 0.717) is 18.7 Å². The van der Waals surface area contributed by atoms with Crippen LogP contribution < -0.4 is 4.74 Å². The molecule has 18 heavy (non-hydrogen) atoms. The Bertz CT molecular complexity index is 398. The Kier molecular flexibility index (Phi) is 4.49. The molecule has 1 aromatic rings. The van der Waals surface area contributed by atoms with Gasteiger partial charge < -0.3 is 14.7 Å². The van der Waals surface area contributed by atoms with Crippen LogP contribution >= 0.6 is 0 Å². The molecule has 1 atom stereocenters. The van der Waals surface area contributed by atoms with Crippen molar-refractivity contribution in [1.82, 2.24) is 14.9 Å². The number of likely N-dealkylation sites (tertiary alicyclic amines) is 1. The number of hydrogen-bond acceptors (Lipinski definition) is 5. The summed E-state index contributed by atoms with van der Waals surface area (Å²) in [5.74, 6) is 0. The molecule has 2 heterocycles. The second kappa shape index (κ2) is 6.11. The summed E-state index contributed by atoms with van der Waals surface area (Å²) in [5, 5.41) is 9.03. The molecule has 5 nitrogen and oxygen atoms in total. The van der Waals surface area contributed by atoms with Gasteiger partial charge in [0, 0.05) is 17.8 Å². The number of nitrogens with zero attached hydrogens (tertiary/aromatic N) is 3. The Hall–Kier alpha value is -1.20. The van der Waals surface area contributed by atoms with Crippen molar-refractivity contribution < 1.29 is 9.84 Å². The minimum Gasteiger partial charge on any atom is -0.463 e. The molecule has 0 radical (unpaired) electrons. The van der Waals surface area contributed by atoms with E-state index >= 15 is 0 Å². The Morgan fingerprint density at radius 1 is 1.56 bits per heavy atom. The summed E-state index contributed by atoms with van der Waals surface area (Å²) in [7, 11) is 2.16. The van der Waals surface area contributed by atoms with Crippen LogP contribution in [0.1, 0.15) is 30.5 Å². The van der Waals surface area contributed by atoms with Gasteiger partial charge in [0.15, 0.2) is 0 Å². The zero-order chi connectivity index (χ0) is 13.0. The van der Waals surface area contributed by atoms with E-state index in [1.165, 1.54) is 19.4 Å². The highest BCUT2D eigenvalue weighted by Gasteiger charge is 2.20. The van der Waals surface area contributed by atoms with E-state index in [9.17, 15) is 0 Å². The van der Waals surface area contributed by atoms with Gasteiger partial charge in [0.05, 0.1) is 18.9 Å². The van der Waals surface area contributed by atoms with Gasteiger partial charge >= 0.3 is 6.01 Å². The first kappa shape index (κ1) is 13.2. The van der Waals surface area contributed by atoms with Gasteiger partial charge in [-0.15, -0.1) is 0 Å². The zero-order valence-electron chi connectivity index (χ0n) is 11.1. The average molecular weight is 251 g/mol. The van der Waals surface area contributed by atoms with Crippen LogP contribution in [0, 0.1) is 6.92 Å². The predicted octanol–water partition coefficient (Wildman–Crippen LogP) is 1.14. The van der Waals surface area contributed by atoms with E-state index in [1.807, 2.05) is 6.92 Å². The van der Waals surface area contributed by atoms with E-state index < -0.39 is 0 Å². The number of aromatic nitrogens is 2. The summed E-state index contributed by atoms with van der Waals surface area (Å²) >= 11 is 0. The first-order valence-corrected chi connectivity index (χ1v) is 6.47. The third-order valence-corrected chi connectivity index (χ3v) is 3.58. The normalized spacial score (nSPS) is 20.3. The lowest BCUT2D eigenvalue weighted by molar-refractivity contribution is 0.222. The lowest BCUT2D eigenvalue weighted by Crippen LogP contribution is -2.26. The van der Waals surface area contributed by atoms with E-state index in [0.717, 1.165) is 17.7 Å². The molecule has 5 heteroatoms. The molecule has 2 rings (SSSR count). The van der Waals surface area contributed by atoms with Crippen molar-refractivity contribution in [2.45, 2.75) is 38.8 Å². The van der Waals surface area contributed by atoms with Gasteiger partial charge in [-0.2, -0.15) is 0 Å². The molecule has 0 aliphatic carbocycles. The quantitative estimate of drug-likeness (QED) is 0.850. The summed E-state index contributed by atoms with van der Waals surface area (Å²) in [5.41, 5.74) is 1.53. The molecule has 0 saturated carbocycles. The Labute approximate surface area is 108 Å². The topological polar surface area (TPSA) is 58.5 Å². The number of aliphatic hydroxyl groups is 1. The second-order valence-electron chi connectivity index (χ2n) is 4.84. The summed E-state index contributed by atoms with van der Waals surface area (Å²) < 4.78 is 5.57. The van der Waals surface area contributed by atoms with Crippen LogP contribution in [0.15, 0.2) is 6.20 Å². The summed E-state index contributed by atoms with van der Waals surface area (Å²) in [6, 6.07) is 1.04. The SMILES string of the molecule is Cc1nc(OCCC2CCCN2C)ncc1CO. The molecule has 1 aliphatic rings. The number of aryl methyl sites for hydroxylation is 1. The highest BCUT2D eigenvalue weighted by molar-refractivity contribution is 5.16. The molecule has 1 fully saturated rings. The first-order chi connectivity index (χ1) is 8.70. The van der Waals surface area contributed by atoms with Crippen LogP contribution in [-0.2, 0) is 6.61 Å². The molecular formula is C13H21N3O2. The highest BCUT2D eigenvalue weighted by Crippen LogP contribution is 2.18. The van der Waals surface area contributed by atoms with Gasteiger partial charge in [0.1, 0.15) is 0 Å². The zero-order valence-corrected chi connectivity index (χ0v) is 11.1. The molecule has 0 aromatic carbocycles. The molecular weight excluding hydrogens is 230 g/mol. The Morgan fingerprint density at radius 2 is 2.39 bits per heavy atom. The Morgan fingerprint density at radius 3 is 3.00 bits per heavy atom. The molecule has 0 amide bonds. The van der Waals surface area contributed by atoms with Crippen LogP contribution in [0.5, 0.6) is 6.01 Å². The lowest BCUT2D eigenvalue weighted by atomic mass is 10.1. The fourth-order valence-corrected chi connectivity index (χ4v) is 2.33. The van der Waals surface area contributed by atoms with Crippen molar-refractivity contribution >= 4 is 0 Å². The maximum atomic E-state index is 9.03. The van der Waals surface area contributed by atoms with Crippen molar-refractivity contribution in [1.29, 1.82) is 0 Å². The molecule has 1 aromatic heterocycles. The standard InChI is InChI=1S/C13H21N3O2/c1-10-11(9-17)8-14-13(15-10)18-7-5-12-4-3-6-16(12)2/h8,12,17H,3-7,9H2,1-2H3. The van der Waals surface area contributed by atoms with Crippen molar-refractivity contribution in [3.63, 3.8) is 0 Å². The molecule has 0 bridgehead atoms. The van der Waals surface area contributed by atoms with E-state index in [4.69, 9.17) is 9.84 Å². The summed E-state index contributed by atoms with van der Waals surface area (Å²) in [6.45, 7) is 3.65. The third kappa shape index (κ3) is 3.17. The van der Waals surface area contributed by atoms with Crippen LogP contribution in [0.3, 0.4) is 0 Å². The van der Waals surface area contributed by atoms with E-state index in [1.54, 1.807) is 6.20 Å². The van der Waals surface area contributed by atoms with Crippen LogP contribution in [0.4, 0.5) is 0 Å². The Balaban J connectivity index is 1.81. The average Bonchev–Trinajstić information content (AvgIpc) is 2.75. The largest absolute Gasteiger partial charge is 0.463 e. The second-order valence-corrected chi connectivity index (χ2v) is 4.84. The van der Waals surface area contributed by atoms with Crippen LogP contribution in [0.25, 0.3) is 0 Å². The van der Waals surface area contributed by atoms with Crippen molar-refractivity contribution in [3.05, 3.63) is 17.5 Å². The smallest absolute Gasteiger partial charge is 0.316 e. The summed E-state index contributed by atoms with van der Waals surface area (Å²) in [4.78, 5) is 10.7. The lowest BCUT2D eigenvalue weighted by Gasteiger charge is -2.18. The van der Waals surface area contributed by atoms with Crippen LogP contribution in [0.2, 0.25) is 0 Å². The minimum atomic E-state index is -0.0288. The molecule has 1 saturated heterocycles. The van der Waals surface area contributed by atoms with Gasteiger partial charge in [-0.25, -0.2) is 9.97 Å². The molecule has 1 N–H and O–H groups in total. The number of aliphatic hydroxyl groups excluding tert-OH is 1. The number of hydrogen-bond donors (Lipinski definition) is 1. The monoisotopic (exact) mass is 251 g/mol. The van der Waals surface area contributed by atoms with Gasteiger partial charge in [0.25, 0.3) is 0 Å².